The highest BCUT2D eigenvalue weighted by molar-refractivity contribution is 5.19. The summed E-state index contributed by atoms with van der Waals surface area (Å²) < 4.78 is 0. The predicted octanol–water partition coefficient (Wildman–Crippen LogP) is 3.26. The summed E-state index contributed by atoms with van der Waals surface area (Å²) >= 11 is 0. The first-order chi connectivity index (χ1) is 9.40. The minimum absolute atomic E-state index is 0.655. The molecule has 1 fully saturated rings. The van der Waals surface area contributed by atoms with Gasteiger partial charge in [0.2, 0.25) is 0 Å². The van der Waals surface area contributed by atoms with E-state index in [9.17, 15) is 0 Å². The smallest absolute Gasteiger partial charge is 0.0107 e. The van der Waals surface area contributed by atoms with Gasteiger partial charge in [-0.3, -0.25) is 0 Å². The number of likely N-dealkylation sites (tertiary alicyclic amines) is 1. The van der Waals surface area contributed by atoms with E-state index in [1.807, 2.05) is 0 Å². The monoisotopic (exact) mass is 260 g/mol. The summed E-state index contributed by atoms with van der Waals surface area (Å²) in [5, 5.41) is 3.64. The van der Waals surface area contributed by atoms with Crippen LogP contribution in [0.15, 0.2) is 30.3 Å². The molecule has 19 heavy (non-hydrogen) atoms. The zero-order valence-corrected chi connectivity index (χ0v) is 12.3. The summed E-state index contributed by atoms with van der Waals surface area (Å²) in [6.45, 7) is 8.34. The maximum Gasteiger partial charge on any atom is 0.0107 e. The van der Waals surface area contributed by atoms with E-state index in [-0.39, 0.29) is 0 Å². The molecule has 1 aliphatic rings. The number of nitrogens with zero attached hydrogens (tertiary/aromatic N) is 1. The largest absolute Gasteiger partial charge is 0.315 e. The first-order valence-electron chi connectivity index (χ1n) is 7.88. The highest BCUT2D eigenvalue weighted by Crippen LogP contribution is 2.17. The van der Waals surface area contributed by atoms with Gasteiger partial charge in [0, 0.05) is 19.6 Å². The molecule has 0 aromatic heterocycles. The second-order valence-corrected chi connectivity index (χ2v) is 5.62. The molecule has 0 radical (unpaired) electrons. The lowest BCUT2D eigenvalue weighted by Gasteiger charge is -2.26. The van der Waals surface area contributed by atoms with Crippen molar-refractivity contribution in [1.82, 2.24) is 10.2 Å². The third-order valence-electron chi connectivity index (χ3n) is 4.21. The molecule has 1 heterocycles. The molecule has 1 aromatic rings. The van der Waals surface area contributed by atoms with Crippen LogP contribution in [0.2, 0.25) is 0 Å². The number of rotatable bonds is 7. The lowest BCUT2D eigenvalue weighted by Crippen LogP contribution is -2.36. The van der Waals surface area contributed by atoms with Gasteiger partial charge in [0.15, 0.2) is 0 Å². The van der Waals surface area contributed by atoms with Gasteiger partial charge in [-0.05, 0) is 43.8 Å². The van der Waals surface area contributed by atoms with Crippen LogP contribution in [-0.4, -0.2) is 37.6 Å². The van der Waals surface area contributed by atoms with Crippen molar-refractivity contribution in [2.24, 2.45) is 0 Å². The Bertz CT molecular complexity index is 330. The zero-order valence-electron chi connectivity index (χ0n) is 12.3. The number of piperidine rings is 1. The Balaban J connectivity index is 1.66. The van der Waals surface area contributed by atoms with Crippen LogP contribution in [0.5, 0.6) is 0 Å². The molecule has 1 aliphatic heterocycles. The topological polar surface area (TPSA) is 15.3 Å². The fourth-order valence-electron chi connectivity index (χ4n) is 2.92. The van der Waals surface area contributed by atoms with E-state index in [0.717, 1.165) is 13.1 Å². The summed E-state index contributed by atoms with van der Waals surface area (Å²) in [5.41, 5.74) is 1.47. The molecule has 1 atom stereocenters. The fourth-order valence-corrected chi connectivity index (χ4v) is 2.92. The molecule has 2 nitrogen and oxygen atoms in total. The minimum Gasteiger partial charge on any atom is -0.315 e. The van der Waals surface area contributed by atoms with Crippen molar-refractivity contribution in [1.29, 1.82) is 0 Å². The number of hydrogen-bond donors (Lipinski definition) is 1. The Hall–Kier alpha value is -0.860. The van der Waals surface area contributed by atoms with Crippen molar-refractivity contribution in [3.63, 3.8) is 0 Å². The van der Waals surface area contributed by atoms with Crippen LogP contribution in [0.1, 0.15) is 44.1 Å². The second kappa shape index (κ2) is 8.34. The molecule has 1 unspecified atom stereocenters. The van der Waals surface area contributed by atoms with Gasteiger partial charge in [0.25, 0.3) is 0 Å². The summed E-state index contributed by atoms with van der Waals surface area (Å²) in [6, 6.07) is 10.9. The molecule has 0 aliphatic carbocycles. The molecule has 1 N–H and O–H groups in total. The van der Waals surface area contributed by atoms with E-state index in [0.29, 0.717) is 5.92 Å². The second-order valence-electron chi connectivity index (χ2n) is 5.62. The average Bonchev–Trinajstić information content (AvgIpc) is 2.49. The Morgan fingerprint density at radius 2 is 1.84 bits per heavy atom. The van der Waals surface area contributed by atoms with Gasteiger partial charge in [-0.15, -0.1) is 0 Å². The van der Waals surface area contributed by atoms with Crippen LogP contribution in [0, 0.1) is 0 Å². The molecule has 0 spiro atoms. The summed E-state index contributed by atoms with van der Waals surface area (Å²) in [4.78, 5) is 2.60. The van der Waals surface area contributed by atoms with Crippen molar-refractivity contribution >= 4 is 0 Å². The maximum atomic E-state index is 3.64. The van der Waals surface area contributed by atoms with Gasteiger partial charge in [-0.1, -0.05) is 43.7 Å². The van der Waals surface area contributed by atoms with Crippen molar-refractivity contribution in [3.05, 3.63) is 35.9 Å². The Labute approximate surface area is 118 Å². The molecule has 2 heteroatoms. The summed E-state index contributed by atoms with van der Waals surface area (Å²) in [6.07, 6.45) is 5.42. The van der Waals surface area contributed by atoms with E-state index in [1.165, 1.54) is 50.9 Å². The van der Waals surface area contributed by atoms with E-state index in [4.69, 9.17) is 0 Å². The third-order valence-corrected chi connectivity index (χ3v) is 4.21. The van der Waals surface area contributed by atoms with Crippen molar-refractivity contribution < 1.29 is 0 Å². The van der Waals surface area contributed by atoms with Crippen LogP contribution < -0.4 is 5.32 Å². The SMILES string of the molecule is CCC(CNCCN1CCCCC1)c1ccccc1. The first kappa shape index (κ1) is 14.5. The normalized spacial score (nSPS) is 18.4. The van der Waals surface area contributed by atoms with Crippen LogP contribution in [0.3, 0.4) is 0 Å². The number of nitrogens with one attached hydrogen (secondary N) is 1. The molecular formula is C17H28N2. The Kier molecular flexibility index (Phi) is 6.38. The molecule has 1 aromatic carbocycles. The highest BCUT2D eigenvalue weighted by Gasteiger charge is 2.10. The van der Waals surface area contributed by atoms with Crippen molar-refractivity contribution in [2.75, 3.05) is 32.7 Å². The third kappa shape index (κ3) is 4.96. The lowest BCUT2D eigenvalue weighted by molar-refractivity contribution is 0.228. The lowest BCUT2D eigenvalue weighted by atomic mass is 9.96. The number of hydrogen-bond acceptors (Lipinski definition) is 2. The van der Waals surface area contributed by atoms with Crippen LogP contribution in [-0.2, 0) is 0 Å². The van der Waals surface area contributed by atoms with Gasteiger partial charge < -0.3 is 10.2 Å². The van der Waals surface area contributed by atoms with Gasteiger partial charge in [0.1, 0.15) is 0 Å². The van der Waals surface area contributed by atoms with Gasteiger partial charge in [0.05, 0.1) is 0 Å². The predicted molar refractivity (Wildman–Crippen MR) is 82.6 cm³/mol. The van der Waals surface area contributed by atoms with Crippen LogP contribution in [0.4, 0.5) is 0 Å². The minimum atomic E-state index is 0.655. The molecule has 106 valence electrons. The maximum absolute atomic E-state index is 3.64. The first-order valence-corrected chi connectivity index (χ1v) is 7.88. The van der Waals surface area contributed by atoms with Gasteiger partial charge in [-0.2, -0.15) is 0 Å². The highest BCUT2D eigenvalue weighted by atomic mass is 15.1. The average molecular weight is 260 g/mol. The summed E-state index contributed by atoms with van der Waals surface area (Å²) in [7, 11) is 0. The van der Waals surface area contributed by atoms with Gasteiger partial charge in [-0.25, -0.2) is 0 Å². The molecule has 2 rings (SSSR count). The van der Waals surface area contributed by atoms with Gasteiger partial charge >= 0.3 is 0 Å². The standard InChI is InChI=1S/C17H28N2/c1-2-16(17-9-5-3-6-10-17)15-18-11-14-19-12-7-4-8-13-19/h3,5-6,9-10,16,18H,2,4,7-8,11-15H2,1H3. The molecular weight excluding hydrogens is 232 g/mol. The van der Waals surface area contributed by atoms with E-state index < -0.39 is 0 Å². The van der Waals surface area contributed by atoms with Crippen molar-refractivity contribution in [2.45, 2.75) is 38.5 Å². The fraction of sp³-hybridized carbons (Fsp3) is 0.647. The van der Waals surface area contributed by atoms with E-state index >= 15 is 0 Å². The van der Waals surface area contributed by atoms with E-state index in [2.05, 4.69) is 47.5 Å². The van der Waals surface area contributed by atoms with Crippen LogP contribution in [0.25, 0.3) is 0 Å². The Morgan fingerprint density at radius 3 is 2.53 bits per heavy atom. The molecule has 0 bridgehead atoms. The molecule has 0 saturated carbocycles. The van der Waals surface area contributed by atoms with Crippen LogP contribution >= 0.6 is 0 Å². The molecule has 1 saturated heterocycles. The Morgan fingerprint density at radius 1 is 1.11 bits per heavy atom. The number of benzene rings is 1. The quantitative estimate of drug-likeness (QED) is 0.757. The molecule has 0 amide bonds. The zero-order chi connectivity index (χ0) is 13.3. The van der Waals surface area contributed by atoms with E-state index in [1.54, 1.807) is 0 Å². The van der Waals surface area contributed by atoms with Crippen molar-refractivity contribution in [3.8, 4) is 0 Å². The summed E-state index contributed by atoms with van der Waals surface area (Å²) in [5.74, 6) is 0.655.